The van der Waals surface area contributed by atoms with Gasteiger partial charge in [0.25, 0.3) is 0 Å². The zero-order valence-corrected chi connectivity index (χ0v) is 13.1. The van der Waals surface area contributed by atoms with Gasteiger partial charge in [0.05, 0.1) is 13.2 Å². The van der Waals surface area contributed by atoms with Crippen molar-refractivity contribution in [1.82, 2.24) is 10.2 Å². The van der Waals surface area contributed by atoms with Gasteiger partial charge >= 0.3 is 0 Å². The maximum absolute atomic E-state index is 14.1. The van der Waals surface area contributed by atoms with Crippen molar-refractivity contribution < 1.29 is 9.13 Å². The highest BCUT2D eigenvalue weighted by Crippen LogP contribution is 2.27. The molecule has 1 aromatic carbocycles. The Morgan fingerprint density at radius 1 is 1.35 bits per heavy atom. The molecule has 0 amide bonds. The Balaban J connectivity index is 0.00000180. The fraction of sp³-hybridized carbons (Fsp3) is 0.429. The highest BCUT2D eigenvalue weighted by Gasteiger charge is 2.22. The van der Waals surface area contributed by atoms with E-state index in [1.807, 2.05) is 0 Å². The summed E-state index contributed by atoms with van der Waals surface area (Å²) in [7, 11) is 1.54. The third-order valence-electron chi connectivity index (χ3n) is 3.29. The average Bonchev–Trinajstić information content (AvgIpc) is 2.42. The van der Waals surface area contributed by atoms with Crippen LogP contribution < -0.4 is 10.1 Å². The zero-order valence-electron chi connectivity index (χ0n) is 11.5. The highest BCUT2D eigenvalue weighted by molar-refractivity contribution is 5.85. The van der Waals surface area contributed by atoms with Crippen molar-refractivity contribution in [3.63, 3.8) is 0 Å². The molecule has 0 bridgehead atoms. The Morgan fingerprint density at radius 3 is 2.50 bits per heavy atom. The molecule has 1 heterocycles. The molecule has 1 N–H and O–H groups in total. The summed E-state index contributed by atoms with van der Waals surface area (Å²) in [6, 6.07) is 4.92. The third-order valence-corrected chi connectivity index (χ3v) is 3.29. The van der Waals surface area contributed by atoms with E-state index in [4.69, 9.17) is 4.74 Å². The normalized spacial score (nSPS) is 16.5. The number of rotatable bonds is 4. The lowest BCUT2D eigenvalue weighted by molar-refractivity contribution is 0.200. The van der Waals surface area contributed by atoms with Crippen LogP contribution in [0.2, 0.25) is 0 Å². The van der Waals surface area contributed by atoms with Crippen molar-refractivity contribution >= 4 is 24.8 Å². The van der Waals surface area contributed by atoms with Crippen molar-refractivity contribution in [2.45, 2.75) is 6.04 Å². The topological polar surface area (TPSA) is 24.5 Å². The molecule has 114 valence electrons. The Morgan fingerprint density at radius 2 is 2.00 bits per heavy atom. The predicted octanol–water partition coefficient (Wildman–Crippen LogP) is 2.81. The molecule has 0 unspecified atom stereocenters. The van der Waals surface area contributed by atoms with E-state index in [2.05, 4.69) is 16.8 Å². The lowest BCUT2D eigenvalue weighted by Gasteiger charge is -2.33. The van der Waals surface area contributed by atoms with Gasteiger partial charge in [-0.1, -0.05) is 12.1 Å². The van der Waals surface area contributed by atoms with Crippen LogP contribution in [0.15, 0.2) is 30.9 Å². The van der Waals surface area contributed by atoms with Crippen molar-refractivity contribution in [3.05, 3.63) is 42.2 Å². The van der Waals surface area contributed by atoms with E-state index in [9.17, 15) is 4.39 Å². The minimum absolute atomic E-state index is 0. The number of hydrogen-bond acceptors (Lipinski definition) is 3. The van der Waals surface area contributed by atoms with E-state index in [-0.39, 0.29) is 36.7 Å². The van der Waals surface area contributed by atoms with Gasteiger partial charge in [0.2, 0.25) is 0 Å². The van der Waals surface area contributed by atoms with Crippen molar-refractivity contribution in [2.24, 2.45) is 0 Å². The lowest BCUT2D eigenvalue weighted by atomic mass is 10.0. The van der Waals surface area contributed by atoms with Crippen LogP contribution >= 0.6 is 24.8 Å². The summed E-state index contributed by atoms with van der Waals surface area (Å²) in [6.45, 7) is 7.51. The summed E-state index contributed by atoms with van der Waals surface area (Å²) >= 11 is 0. The van der Waals surface area contributed by atoms with Crippen LogP contribution in [0.5, 0.6) is 5.75 Å². The van der Waals surface area contributed by atoms with Gasteiger partial charge < -0.3 is 10.1 Å². The number of piperazine rings is 1. The maximum Gasteiger partial charge on any atom is 0.131 e. The first-order valence-electron chi connectivity index (χ1n) is 6.17. The van der Waals surface area contributed by atoms with Gasteiger partial charge in [-0.3, -0.25) is 4.90 Å². The molecule has 1 atom stereocenters. The second-order valence-corrected chi connectivity index (χ2v) is 4.35. The van der Waals surface area contributed by atoms with E-state index in [1.54, 1.807) is 18.2 Å². The van der Waals surface area contributed by atoms with Crippen LogP contribution in [0.4, 0.5) is 4.39 Å². The largest absolute Gasteiger partial charge is 0.497 e. The number of halogens is 3. The van der Waals surface area contributed by atoms with E-state index >= 15 is 0 Å². The molecule has 6 heteroatoms. The molecule has 0 spiro atoms. The minimum atomic E-state index is -0.238. The average molecular weight is 323 g/mol. The first-order chi connectivity index (χ1) is 8.76. The van der Waals surface area contributed by atoms with Gasteiger partial charge in [0.1, 0.15) is 11.6 Å². The fourth-order valence-corrected chi connectivity index (χ4v) is 2.31. The van der Waals surface area contributed by atoms with E-state index in [1.165, 1.54) is 13.2 Å². The number of nitrogens with zero attached hydrogens (tertiary/aromatic N) is 1. The van der Waals surface area contributed by atoms with Gasteiger partial charge in [-0.15, -0.1) is 31.4 Å². The SMILES string of the molecule is C=C[C@H](c1ccc(OC)cc1F)N1CCNCC1.Cl.Cl. The second-order valence-electron chi connectivity index (χ2n) is 4.35. The molecule has 1 fully saturated rings. The van der Waals surface area contributed by atoms with Crippen molar-refractivity contribution in [3.8, 4) is 5.75 Å². The molecule has 1 saturated heterocycles. The number of benzene rings is 1. The van der Waals surface area contributed by atoms with Crippen LogP contribution in [0.3, 0.4) is 0 Å². The molecular formula is C14H21Cl2FN2O. The highest BCUT2D eigenvalue weighted by atomic mass is 35.5. The first-order valence-corrected chi connectivity index (χ1v) is 6.17. The van der Waals surface area contributed by atoms with Gasteiger partial charge in [0.15, 0.2) is 0 Å². The smallest absolute Gasteiger partial charge is 0.131 e. The number of nitrogens with one attached hydrogen (secondary N) is 1. The summed E-state index contributed by atoms with van der Waals surface area (Å²) < 4.78 is 19.1. The molecule has 2 rings (SSSR count). The van der Waals surface area contributed by atoms with Crippen LogP contribution in [0.1, 0.15) is 11.6 Å². The first kappa shape index (κ1) is 19.2. The van der Waals surface area contributed by atoms with Gasteiger partial charge in [-0.25, -0.2) is 4.39 Å². The molecule has 1 aliphatic heterocycles. The predicted molar refractivity (Wildman–Crippen MR) is 84.8 cm³/mol. The third kappa shape index (κ3) is 4.35. The molecule has 20 heavy (non-hydrogen) atoms. The van der Waals surface area contributed by atoms with Gasteiger partial charge in [-0.05, 0) is 6.07 Å². The molecule has 0 aromatic heterocycles. The zero-order chi connectivity index (χ0) is 13.0. The second kappa shape index (κ2) is 9.19. The lowest BCUT2D eigenvalue weighted by Crippen LogP contribution is -2.44. The minimum Gasteiger partial charge on any atom is -0.497 e. The number of hydrogen-bond donors (Lipinski definition) is 1. The monoisotopic (exact) mass is 322 g/mol. The summed E-state index contributed by atoms with van der Waals surface area (Å²) in [5.41, 5.74) is 0.660. The van der Waals surface area contributed by atoms with E-state index in [0.29, 0.717) is 11.3 Å². The molecule has 0 saturated carbocycles. The summed E-state index contributed by atoms with van der Waals surface area (Å²) in [6.07, 6.45) is 1.80. The Kier molecular flexibility index (Phi) is 8.81. The summed E-state index contributed by atoms with van der Waals surface area (Å²) in [4.78, 5) is 2.23. The molecule has 0 radical (unpaired) electrons. The van der Waals surface area contributed by atoms with Crippen LogP contribution in [-0.4, -0.2) is 38.2 Å². The van der Waals surface area contributed by atoms with E-state index in [0.717, 1.165) is 26.2 Å². The molecular weight excluding hydrogens is 302 g/mol. The summed E-state index contributed by atoms with van der Waals surface area (Å²) in [5, 5.41) is 3.29. The quantitative estimate of drug-likeness (QED) is 0.863. The summed E-state index contributed by atoms with van der Waals surface area (Å²) in [5.74, 6) is 0.303. The van der Waals surface area contributed by atoms with Gasteiger partial charge in [0, 0.05) is 37.8 Å². The molecule has 1 aromatic rings. The van der Waals surface area contributed by atoms with E-state index < -0.39 is 0 Å². The number of methoxy groups -OCH3 is 1. The Labute approximate surface area is 132 Å². The molecule has 0 aliphatic carbocycles. The Hall–Kier alpha value is -0.810. The van der Waals surface area contributed by atoms with Gasteiger partial charge in [-0.2, -0.15) is 0 Å². The maximum atomic E-state index is 14.1. The van der Waals surface area contributed by atoms with Crippen LogP contribution in [0.25, 0.3) is 0 Å². The van der Waals surface area contributed by atoms with Crippen LogP contribution in [0, 0.1) is 5.82 Å². The number of ether oxygens (including phenoxy) is 1. The Bertz CT molecular complexity index is 426. The molecule has 3 nitrogen and oxygen atoms in total. The van der Waals surface area contributed by atoms with Crippen molar-refractivity contribution in [2.75, 3.05) is 33.3 Å². The standard InChI is InChI=1S/C14H19FN2O.2ClH/c1-3-14(17-8-6-16-7-9-17)12-5-4-11(18-2)10-13(12)15;;/h3-5,10,14,16H,1,6-9H2,2H3;2*1H/t14-;;/m1../s1. The fourth-order valence-electron chi connectivity index (χ4n) is 2.31. The van der Waals surface area contributed by atoms with Crippen LogP contribution in [-0.2, 0) is 0 Å². The van der Waals surface area contributed by atoms with Crippen molar-refractivity contribution in [1.29, 1.82) is 0 Å². The molecule has 1 aliphatic rings.